The van der Waals surface area contributed by atoms with Gasteiger partial charge in [0.25, 0.3) is 5.91 Å². The van der Waals surface area contributed by atoms with Crippen molar-refractivity contribution < 1.29 is 4.79 Å². The fourth-order valence-corrected chi connectivity index (χ4v) is 3.14. The van der Waals surface area contributed by atoms with Gasteiger partial charge in [-0.25, -0.2) is 0 Å². The molecule has 0 aliphatic heterocycles. The van der Waals surface area contributed by atoms with Crippen LogP contribution < -0.4 is 16.4 Å². The molecule has 84 valence electrons. The Morgan fingerprint density at radius 1 is 1.60 bits per heavy atom. The van der Waals surface area contributed by atoms with Crippen LogP contribution in [-0.2, 0) is 0 Å². The Hall–Kier alpha value is -0.880. The summed E-state index contributed by atoms with van der Waals surface area (Å²) in [6.45, 7) is 2.50. The number of nitrogens with one attached hydrogen (secondary N) is 2. The lowest BCUT2D eigenvalue weighted by Crippen LogP contribution is -2.22. The minimum atomic E-state index is -0.100. The summed E-state index contributed by atoms with van der Waals surface area (Å²) in [5, 5.41) is 6.73. The van der Waals surface area contributed by atoms with Gasteiger partial charge in [0.05, 0.1) is 10.6 Å². The van der Waals surface area contributed by atoms with E-state index in [4.69, 9.17) is 5.73 Å². The highest BCUT2D eigenvalue weighted by Crippen LogP contribution is 2.41. The van der Waals surface area contributed by atoms with E-state index in [1.165, 1.54) is 11.3 Å². The molecule has 0 fully saturated rings. The highest BCUT2D eigenvalue weighted by molar-refractivity contribution is 7.99. The normalized spacial score (nSPS) is 10.1. The summed E-state index contributed by atoms with van der Waals surface area (Å²) in [4.78, 5) is 13.2. The van der Waals surface area contributed by atoms with E-state index in [1.807, 2.05) is 20.2 Å². The molecule has 6 heteroatoms. The summed E-state index contributed by atoms with van der Waals surface area (Å²) in [7, 11) is 1.83. The minimum absolute atomic E-state index is 0.100. The third-order valence-corrected chi connectivity index (χ3v) is 4.06. The first-order valence-corrected chi connectivity index (χ1v) is 6.62. The molecule has 15 heavy (non-hydrogen) atoms. The second-order valence-corrected chi connectivity index (χ2v) is 4.65. The average Bonchev–Trinajstić information content (AvgIpc) is 2.55. The Kier molecular flexibility index (Phi) is 4.28. The van der Waals surface area contributed by atoms with Crippen LogP contribution in [0.3, 0.4) is 0 Å². The predicted octanol–water partition coefficient (Wildman–Crippen LogP) is 1.84. The molecule has 0 aromatic carbocycles. The van der Waals surface area contributed by atoms with E-state index in [2.05, 4.69) is 10.6 Å². The van der Waals surface area contributed by atoms with Crippen molar-refractivity contribution in [2.75, 3.05) is 30.9 Å². The maximum Gasteiger partial charge on any atom is 0.263 e. The van der Waals surface area contributed by atoms with E-state index in [-0.39, 0.29) is 5.91 Å². The highest BCUT2D eigenvalue weighted by atomic mass is 32.2. The smallest absolute Gasteiger partial charge is 0.263 e. The van der Waals surface area contributed by atoms with Gasteiger partial charge in [-0.15, -0.1) is 23.1 Å². The molecule has 4 nitrogen and oxygen atoms in total. The molecule has 4 N–H and O–H groups in total. The topological polar surface area (TPSA) is 67.2 Å². The van der Waals surface area contributed by atoms with Crippen LogP contribution in [-0.4, -0.2) is 25.8 Å². The summed E-state index contributed by atoms with van der Waals surface area (Å²) in [6.07, 6.45) is 1.95. The Balaban J connectivity index is 3.09. The Morgan fingerprint density at radius 3 is 2.67 bits per heavy atom. The Labute approximate surface area is 97.6 Å². The van der Waals surface area contributed by atoms with Gasteiger partial charge in [-0.3, -0.25) is 4.79 Å². The van der Waals surface area contributed by atoms with Gasteiger partial charge in [0.1, 0.15) is 9.88 Å². The van der Waals surface area contributed by atoms with Crippen molar-refractivity contribution in [2.24, 2.45) is 0 Å². The fraction of sp³-hybridized carbons (Fsp3) is 0.444. The number of thiophene rings is 1. The highest BCUT2D eigenvalue weighted by Gasteiger charge is 2.19. The molecule has 1 aromatic heterocycles. The number of nitrogen functional groups attached to an aromatic ring is 1. The van der Waals surface area contributed by atoms with Gasteiger partial charge in [-0.05, 0) is 13.2 Å². The molecule has 1 rings (SSSR count). The molecular formula is C9H15N3OS2. The molecule has 0 unspecified atom stereocenters. The van der Waals surface area contributed by atoms with Crippen LogP contribution in [0.4, 0.5) is 10.7 Å². The first-order chi connectivity index (χ1) is 7.15. The molecular weight excluding hydrogens is 230 g/mol. The first kappa shape index (κ1) is 12.2. The standard InChI is InChI=1S/C9H15N3OS2/c1-4-12-8(13)6-5(10)7(14-3)9(11-2)15-6/h11H,4,10H2,1-3H3,(H,12,13). The maximum absolute atomic E-state index is 11.6. The number of hydrogen-bond donors (Lipinski definition) is 3. The van der Waals surface area contributed by atoms with E-state index in [0.717, 1.165) is 9.90 Å². The van der Waals surface area contributed by atoms with E-state index in [0.29, 0.717) is 17.1 Å². The number of carbonyl (C=O) groups excluding carboxylic acids is 1. The summed E-state index contributed by atoms with van der Waals surface area (Å²) in [5.41, 5.74) is 6.48. The third kappa shape index (κ3) is 2.38. The third-order valence-electron chi connectivity index (χ3n) is 1.87. The number of thioether (sulfide) groups is 1. The van der Waals surface area contributed by atoms with E-state index < -0.39 is 0 Å². The summed E-state index contributed by atoms with van der Waals surface area (Å²) in [5.74, 6) is -0.100. The zero-order valence-corrected chi connectivity index (χ0v) is 10.6. The lowest BCUT2D eigenvalue weighted by atomic mass is 10.3. The van der Waals surface area contributed by atoms with Crippen molar-refractivity contribution >= 4 is 39.7 Å². The molecule has 0 saturated heterocycles. The second kappa shape index (κ2) is 5.27. The van der Waals surface area contributed by atoms with Crippen LogP contribution in [0.25, 0.3) is 0 Å². The number of carbonyl (C=O) groups is 1. The van der Waals surface area contributed by atoms with Crippen molar-refractivity contribution in [1.29, 1.82) is 0 Å². The summed E-state index contributed by atoms with van der Waals surface area (Å²) >= 11 is 2.94. The van der Waals surface area contributed by atoms with Crippen molar-refractivity contribution in [2.45, 2.75) is 11.8 Å². The first-order valence-electron chi connectivity index (χ1n) is 4.57. The molecule has 0 atom stereocenters. The molecule has 1 amide bonds. The van der Waals surface area contributed by atoms with Crippen LogP contribution in [0.2, 0.25) is 0 Å². The Bertz CT molecular complexity index is 362. The zero-order valence-electron chi connectivity index (χ0n) is 9.01. The van der Waals surface area contributed by atoms with Crippen LogP contribution in [0.15, 0.2) is 4.90 Å². The van der Waals surface area contributed by atoms with Crippen molar-refractivity contribution in [3.05, 3.63) is 4.88 Å². The van der Waals surface area contributed by atoms with Gasteiger partial charge in [0.2, 0.25) is 0 Å². The SMILES string of the molecule is CCNC(=O)c1sc(NC)c(SC)c1N. The number of rotatable bonds is 4. The lowest BCUT2D eigenvalue weighted by molar-refractivity contribution is 0.0960. The van der Waals surface area contributed by atoms with Crippen LogP contribution in [0.1, 0.15) is 16.6 Å². The predicted molar refractivity (Wildman–Crippen MR) is 68.1 cm³/mol. The molecule has 0 radical (unpaired) electrons. The van der Waals surface area contributed by atoms with Crippen molar-refractivity contribution in [3.8, 4) is 0 Å². The van der Waals surface area contributed by atoms with Crippen LogP contribution in [0, 0.1) is 0 Å². The van der Waals surface area contributed by atoms with Crippen molar-refractivity contribution in [3.63, 3.8) is 0 Å². The molecule has 1 aromatic rings. The van der Waals surface area contributed by atoms with Crippen LogP contribution in [0.5, 0.6) is 0 Å². The number of hydrogen-bond acceptors (Lipinski definition) is 5. The number of anilines is 2. The largest absolute Gasteiger partial charge is 0.396 e. The lowest BCUT2D eigenvalue weighted by Gasteiger charge is -2.00. The monoisotopic (exact) mass is 245 g/mol. The molecule has 0 aliphatic carbocycles. The minimum Gasteiger partial charge on any atom is -0.396 e. The molecule has 1 heterocycles. The number of nitrogens with two attached hydrogens (primary N) is 1. The molecule has 0 bridgehead atoms. The quantitative estimate of drug-likeness (QED) is 0.708. The fourth-order valence-electron chi connectivity index (χ4n) is 1.21. The van der Waals surface area contributed by atoms with Gasteiger partial charge in [-0.1, -0.05) is 0 Å². The number of amides is 1. The van der Waals surface area contributed by atoms with E-state index >= 15 is 0 Å². The molecule has 0 aliphatic rings. The van der Waals surface area contributed by atoms with Crippen molar-refractivity contribution in [1.82, 2.24) is 5.32 Å². The summed E-state index contributed by atoms with van der Waals surface area (Å²) < 4.78 is 0. The van der Waals surface area contributed by atoms with Gasteiger partial charge in [-0.2, -0.15) is 0 Å². The molecule has 0 saturated carbocycles. The molecule has 0 spiro atoms. The maximum atomic E-state index is 11.6. The van der Waals surface area contributed by atoms with E-state index in [9.17, 15) is 4.79 Å². The average molecular weight is 245 g/mol. The van der Waals surface area contributed by atoms with Gasteiger partial charge >= 0.3 is 0 Å². The van der Waals surface area contributed by atoms with Gasteiger partial charge in [0.15, 0.2) is 0 Å². The van der Waals surface area contributed by atoms with Gasteiger partial charge in [0, 0.05) is 13.6 Å². The summed E-state index contributed by atoms with van der Waals surface area (Å²) in [6, 6.07) is 0. The zero-order chi connectivity index (χ0) is 11.4. The Morgan fingerprint density at radius 2 is 2.27 bits per heavy atom. The second-order valence-electron chi connectivity index (χ2n) is 2.82. The van der Waals surface area contributed by atoms with E-state index in [1.54, 1.807) is 11.8 Å². The van der Waals surface area contributed by atoms with Crippen LogP contribution >= 0.6 is 23.1 Å². The van der Waals surface area contributed by atoms with Gasteiger partial charge < -0.3 is 16.4 Å².